The molecule has 1 aliphatic carbocycles. The third-order valence-corrected chi connectivity index (χ3v) is 6.21. The average molecular weight is 401 g/mol. The summed E-state index contributed by atoms with van der Waals surface area (Å²) < 4.78 is 2.33. The summed E-state index contributed by atoms with van der Waals surface area (Å²) >= 11 is 1.48. The maximum Gasteiger partial charge on any atom is 0.251 e. The van der Waals surface area contributed by atoms with Gasteiger partial charge in [-0.2, -0.15) is 0 Å². The van der Waals surface area contributed by atoms with Crippen LogP contribution in [-0.4, -0.2) is 34.2 Å². The van der Waals surface area contributed by atoms with Crippen molar-refractivity contribution in [2.75, 3.05) is 18.1 Å². The lowest BCUT2D eigenvalue weighted by molar-refractivity contribution is -0.113. The standard InChI is InChI=1S/C21H28N4O2S/c1-14-15(2)25(18-10-5-4-6-11-18)21(23-14)28-13-19(26)24-17-9-7-8-16(12-17)20(27)22-3/h7-9,12,18H,4-6,10-11,13H2,1-3H3,(H,22,27)(H,24,26). The number of hydrogen-bond donors (Lipinski definition) is 2. The molecule has 3 rings (SSSR count). The van der Waals surface area contributed by atoms with Crippen molar-refractivity contribution in [2.45, 2.75) is 57.1 Å². The molecule has 1 aliphatic rings. The summed E-state index contributed by atoms with van der Waals surface area (Å²) in [6, 6.07) is 7.43. The van der Waals surface area contributed by atoms with Crippen LogP contribution in [0.15, 0.2) is 29.4 Å². The van der Waals surface area contributed by atoms with Gasteiger partial charge in [-0.1, -0.05) is 37.1 Å². The topological polar surface area (TPSA) is 76.0 Å². The van der Waals surface area contributed by atoms with Gasteiger partial charge in [0, 0.05) is 30.0 Å². The molecule has 2 amide bonds. The van der Waals surface area contributed by atoms with E-state index < -0.39 is 0 Å². The third-order valence-electron chi connectivity index (χ3n) is 5.26. The number of carbonyl (C=O) groups excluding carboxylic acids is 2. The van der Waals surface area contributed by atoms with E-state index in [1.807, 2.05) is 6.92 Å². The summed E-state index contributed by atoms with van der Waals surface area (Å²) in [5, 5.41) is 6.39. The molecular formula is C21H28N4O2S. The number of imidazole rings is 1. The fourth-order valence-corrected chi connectivity index (χ4v) is 4.64. The molecule has 28 heavy (non-hydrogen) atoms. The minimum Gasteiger partial charge on any atom is -0.355 e. The van der Waals surface area contributed by atoms with Gasteiger partial charge in [-0.3, -0.25) is 9.59 Å². The van der Waals surface area contributed by atoms with E-state index in [2.05, 4.69) is 22.1 Å². The van der Waals surface area contributed by atoms with Crippen molar-refractivity contribution in [1.82, 2.24) is 14.9 Å². The Morgan fingerprint density at radius 2 is 1.96 bits per heavy atom. The zero-order valence-corrected chi connectivity index (χ0v) is 17.6. The zero-order chi connectivity index (χ0) is 20.1. The molecule has 0 saturated heterocycles. The van der Waals surface area contributed by atoms with Crippen molar-refractivity contribution in [2.24, 2.45) is 0 Å². The minimum absolute atomic E-state index is 0.104. The first-order valence-corrected chi connectivity index (χ1v) is 10.8. The largest absolute Gasteiger partial charge is 0.355 e. The number of amides is 2. The highest BCUT2D eigenvalue weighted by Gasteiger charge is 2.22. The van der Waals surface area contributed by atoms with E-state index in [0.29, 0.717) is 17.3 Å². The SMILES string of the molecule is CNC(=O)c1cccc(NC(=O)CSc2nc(C)c(C)n2C2CCCCC2)c1. The summed E-state index contributed by atoms with van der Waals surface area (Å²) in [4.78, 5) is 28.9. The van der Waals surface area contributed by atoms with E-state index in [9.17, 15) is 9.59 Å². The molecule has 1 heterocycles. The summed E-state index contributed by atoms with van der Waals surface area (Å²) in [5.41, 5.74) is 3.38. The Morgan fingerprint density at radius 3 is 2.68 bits per heavy atom. The van der Waals surface area contributed by atoms with Gasteiger partial charge >= 0.3 is 0 Å². The van der Waals surface area contributed by atoms with Gasteiger partial charge in [0.15, 0.2) is 5.16 Å². The molecule has 1 aromatic heterocycles. The van der Waals surface area contributed by atoms with E-state index in [1.54, 1.807) is 31.3 Å². The molecule has 0 spiro atoms. The van der Waals surface area contributed by atoms with Crippen LogP contribution >= 0.6 is 11.8 Å². The predicted octanol–water partition coefficient (Wildman–Crippen LogP) is 4.10. The van der Waals surface area contributed by atoms with Crippen LogP contribution in [0.4, 0.5) is 5.69 Å². The van der Waals surface area contributed by atoms with Crippen molar-refractivity contribution in [3.63, 3.8) is 0 Å². The normalized spacial score (nSPS) is 14.7. The average Bonchev–Trinajstić information content (AvgIpc) is 3.00. The van der Waals surface area contributed by atoms with Gasteiger partial charge in [0.1, 0.15) is 0 Å². The van der Waals surface area contributed by atoms with E-state index >= 15 is 0 Å². The Balaban J connectivity index is 1.65. The smallest absolute Gasteiger partial charge is 0.251 e. The van der Waals surface area contributed by atoms with Crippen molar-refractivity contribution in [3.05, 3.63) is 41.2 Å². The number of aryl methyl sites for hydroxylation is 1. The van der Waals surface area contributed by atoms with Crippen molar-refractivity contribution < 1.29 is 9.59 Å². The van der Waals surface area contributed by atoms with Crippen molar-refractivity contribution in [1.29, 1.82) is 0 Å². The monoisotopic (exact) mass is 400 g/mol. The summed E-state index contributed by atoms with van der Waals surface area (Å²) in [6.07, 6.45) is 6.19. The number of nitrogens with one attached hydrogen (secondary N) is 2. The van der Waals surface area contributed by atoms with Gasteiger partial charge in [0.25, 0.3) is 5.91 Å². The molecular weight excluding hydrogens is 372 g/mol. The van der Waals surface area contributed by atoms with E-state index in [0.717, 1.165) is 10.9 Å². The van der Waals surface area contributed by atoms with Crippen LogP contribution in [0, 0.1) is 13.8 Å². The molecule has 2 N–H and O–H groups in total. The second-order valence-corrected chi connectivity index (χ2v) is 8.17. The highest BCUT2D eigenvalue weighted by atomic mass is 32.2. The second kappa shape index (κ2) is 9.28. The van der Waals surface area contributed by atoms with Gasteiger partial charge < -0.3 is 15.2 Å². The molecule has 6 nitrogen and oxygen atoms in total. The minimum atomic E-state index is -0.175. The van der Waals surface area contributed by atoms with E-state index in [1.165, 1.54) is 49.6 Å². The number of anilines is 1. The van der Waals surface area contributed by atoms with Crippen LogP contribution in [0.2, 0.25) is 0 Å². The molecule has 2 aromatic rings. The predicted molar refractivity (Wildman–Crippen MR) is 113 cm³/mol. The highest BCUT2D eigenvalue weighted by molar-refractivity contribution is 7.99. The quantitative estimate of drug-likeness (QED) is 0.716. The number of aromatic nitrogens is 2. The first-order valence-electron chi connectivity index (χ1n) is 9.80. The number of thioether (sulfide) groups is 1. The van der Waals surface area contributed by atoms with Gasteiger partial charge in [0.2, 0.25) is 5.91 Å². The number of nitrogens with zero attached hydrogens (tertiary/aromatic N) is 2. The number of rotatable bonds is 6. The highest BCUT2D eigenvalue weighted by Crippen LogP contribution is 2.34. The maximum atomic E-state index is 12.4. The molecule has 0 atom stereocenters. The van der Waals surface area contributed by atoms with Crippen LogP contribution in [0.1, 0.15) is 59.9 Å². The number of benzene rings is 1. The van der Waals surface area contributed by atoms with Gasteiger partial charge in [0.05, 0.1) is 11.4 Å². The number of carbonyl (C=O) groups is 2. The Morgan fingerprint density at radius 1 is 1.21 bits per heavy atom. The fraction of sp³-hybridized carbons (Fsp3) is 0.476. The first-order chi connectivity index (χ1) is 13.5. The van der Waals surface area contributed by atoms with Crippen LogP contribution in [0.3, 0.4) is 0 Å². The van der Waals surface area contributed by atoms with Crippen LogP contribution in [0.25, 0.3) is 0 Å². The lowest BCUT2D eigenvalue weighted by Crippen LogP contribution is -2.19. The summed E-state index contributed by atoms with van der Waals surface area (Å²) in [7, 11) is 1.59. The third kappa shape index (κ3) is 4.76. The van der Waals surface area contributed by atoms with Crippen molar-refractivity contribution >= 4 is 29.3 Å². The Labute approximate surface area is 170 Å². The lowest BCUT2D eigenvalue weighted by atomic mass is 9.95. The summed E-state index contributed by atoms with van der Waals surface area (Å²) in [6.45, 7) is 4.15. The first kappa shape index (κ1) is 20.5. The van der Waals surface area contributed by atoms with Crippen LogP contribution in [-0.2, 0) is 4.79 Å². The maximum absolute atomic E-state index is 12.4. The van der Waals surface area contributed by atoms with Crippen LogP contribution in [0.5, 0.6) is 0 Å². The Bertz CT molecular complexity index is 856. The molecule has 1 aromatic carbocycles. The molecule has 7 heteroatoms. The zero-order valence-electron chi connectivity index (χ0n) is 16.7. The molecule has 1 fully saturated rings. The molecule has 0 unspecified atom stereocenters. The van der Waals surface area contributed by atoms with Gasteiger partial charge in [-0.25, -0.2) is 4.98 Å². The molecule has 0 aliphatic heterocycles. The Hall–Kier alpha value is -2.28. The molecule has 1 saturated carbocycles. The lowest BCUT2D eigenvalue weighted by Gasteiger charge is -2.26. The van der Waals surface area contributed by atoms with Crippen molar-refractivity contribution in [3.8, 4) is 0 Å². The molecule has 0 radical (unpaired) electrons. The van der Waals surface area contributed by atoms with Crippen LogP contribution < -0.4 is 10.6 Å². The van der Waals surface area contributed by atoms with Gasteiger partial charge in [-0.15, -0.1) is 0 Å². The van der Waals surface area contributed by atoms with E-state index in [4.69, 9.17) is 4.98 Å². The molecule has 0 bridgehead atoms. The Kier molecular flexibility index (Phi) is 6.78. The number of hydrogen-bond acceptors (Lipinski definition) is 4. The summed E-state index contributed by atoms with van der Waals surface area (Å²) in [5.74, 6) is 0.00536. The fourth-order valence-electron chi connectivity index (χ4n) is 3.68. The van der Waals surface area contributed by atoms with E-state index in [-0.39, 0.29) is 17.6 Å². The second-order valence-electron chi connectivity index (χ2n) is 7.22. The van der Waals surface area contributed by atoms with Gasteiger partial charge in [-0.05, 0) is 44.9 Å². The molecule has 150 valence electrons.